The van der Waals surface area contributed by atoms with E-state index in [1.54, 1.807) is 47.4 Å². The number of sulfonamides is 1. The van der Waals surface area contributed by atoms with Gasteiger partial charge in [-0.2, -0.15) is 4.31 Å². The van der Waals surface area contributed by atoms with Gasteiger partial charge in [0.1, 0.15) is 0 Å². The average molecular weight is 547 g/mol. The Bertz CT molecular complexity index is 1290. The molecule has 6 nitrogen and oxygen atoms in total. The van der Waals surface area contributed by atoms with Gasteiger partial charge in [-0.15, -0.1) is 0 Å². The fourth-order valence-corrected chi connectivity index (χ4v) is 6.01. The van der Waals surface area contributed by atoms with Crippen molar-refractivity contribution in [3.63, 3.8) is 0 Å². The third-order valence-electron chi connectivity index (χ3n) is 6.31. The van der Waals surface area contributed by atoms with Crippen LogP contribution in [0.25, 0.3) is 0 Å². The van der Waals surface area contributed by atoms with Crippen LogP contribution in [0.15, 0.2) is 77.7 Å². The highest BCUT2D eigenvalue weighted by molar-refractivity contribution is 7.89. The summed E-state index contributed by atoms with van der Waals surface area (Å²) in [6.07, 6.45) is 0. The number of rotatable bonds is 8. The number of benzene rings is 3. The number of nitrogens with zero attached hydrogens (tertiary/aromatic N) is 3. The van der Waals surface area contributed by atoms with Crippen molar-refractivity contribution in [2.24, 2.45) is 0 Å². The second-order valence-electron chi connectivity index (χ2n) is 8.96. The Labute approximate surface area is 223 Å². The van der Waals surface area contributed by atoms with Crippen LogP contribution < -0.4 is 0 Å². The Morgan fingerprint density at radius 3 is 2.22 bits per heavy atom. The Balaban J connectivity index is 1.48. The number of carbonyl (C=O) groups is 1. The van der Waals surface area contributed by atoms with Crippen LogP contribution >= 0.6 is 23.2 Å². The van der Waals surface area contributed by atoms with Crippen LogP contribution in [0.4, 0.5) is 0 Å². The monoisotopic (exact) mass is 545 g/mol. The van der Waals surface area contributed by atoms with E-state index in [4.69, 9.17) is 23.2 Å². The lowest BCUT2D eigenvalue weighted by Gasteiger charge is -2.35. The van der Waals surface area contributed by atoms with Gasteiger partial charge in [-0.1, -0.05) is 77.3 Å². The molecule has 1 amide bonds. The van der Waals surface area contributed by atoms with Gasteiger partial charge < -0.3 is 4.90 Å². The number of piperazine rings is 1. The normalized spacial score (nSPS) is 14.8. The summed E-state index contributed by atoms with van der Waals surface area (Å²) in [6, 6.07) is 21.7. The molecule has 0 aliphatic carbocycles. The molecule has 1 saturated heterocycles. The minimum absolute atomic E-state index is 0.0358. The van der Waals surface area contributed by atoms with Crippen molar-refractivity contribution >= 4 is 39.1 Å². The van der Waals surface area contributed by atoms with Crippen LogP contribution in [0.2, 0.25) is 10.0 Å². The number of hydrogen-bond acceptors (Lipinski definition) is 4. The van der Waals surface area contributed by atoms with Crippen molar-refractivity contribution in [2.75, 3.05) is 32.7 Å². The maximum Gasteiger partial charge on any atom is 0.243 e. The third-order valence-corrected chi connectivity index (χ3v) is 8.70. The van der Waals surface area contributed by atoms with E-state index in [1.807, 2.05) is 25.1 Å². The summed E-state index contributed by atoms with van der Waals surface area (Å²) in [5.74, 6) is -0.227. The minimum Gasteiger partial charge on any atom is -0.339 e. The lowest BCUT2D eigenvalue weighted by Crippen LogP contribution is -2.51. The molecule has 3 aromatic rings. The maximum absolute atomic E-state index is 13.6. The van der Waals surface area contributed by atoms with Crippen LogP contribution in [0.1, 0.15) is 16.7 Å². The van der Waals surface area contributed by atoms with Gasteiger partial charge in [-0.3, -0.25) is 9.69 Å². The van der Waals surface area contributed by atoms with E-state index in [0.717, 1.165) is 25.2 Å². The Morgan fingerprint density at radius 1 is 0.917 bits per heavy atom. The molecule has 0 saturated carbocycles. The summed E-state index contributed by atoms with van der Waals surface area (Å²) in [4.78, 5) is 17.5. The summed E-state index contributed by atoms with van der Waals surface area (Å²) in [5, 5.41) is 0.815. The molecule has 0 spiro atoms. The molecule has 0 N–H and O–H groups in total. The average Bonchev–Trinajstić information content (AvgIpc) is 2.86. The fraction of sp³-hybridized carbons (Fsp3) is 0.296. The van der Waals surface area contributed by atoms with Crippen molar-refractivity contribution in [3.05, 3.63) is 99.5 Å². The molecular weight excluding hydrogens is 517 g/mol. The molecule has 1 fully saturated rings. The first-order valence-electron chi connectivity index (χ1n) is 11.8. The SMILES string of the molecule is Cc1ccc(S(=O)(=O)N(CC(=O)N2CCN(Cc3ccccc3)CC2)Cc2ccc(Cl)cc2Cl)cc1. The standard InChI is InChI=1S/C27H29Cl2N3O3S/c1-21-7-11-25(12-8-21)36(34,35)32(19-23-9-10-24(28)17-26(23)29)20-27(33)31-15-13-30(14-16-31)18-22-5-3-2-4-6-22/h2-12,17H,13-16,18-20H2,1H3. The number of halogens is 2. The molecule has 3 aromatic carbocycles. The predicted molar refractivity (Wildman–Crippen MR) is 144 cm³/mol. The second-order valence-corrected chi connectivity index (χ2v) is 11.7. The molecule has 0 radical (unpaired) electrons. The van der Waals surface area contributed by atoms with Gasteiger partial charge in [0, 0.05) is 49.3 Å². The molecule has 1 aliphatic rings. The molecule has 9 heteroatoms. The number of aryl methyl sites for hydroxylation is 1. The highest BCUT2D eigenvalue weighted by atomic mass is 35.5. The van der Waals surface area contributed by atoms with E-state index in [9.17, 15) is 13.2 Å². The zero-order chi connectivity index (χ0) is 25.7. The number of carbonyl (C=O) groups excluding carboxylic acids is 1. The Hall–Kier alpha value is -2.42. The Morgan fingerprint density at radius 2 is 1.58 bits per heavy atom. The first-order chi connectivity index (χ1) is 17.2. The van der Waals surface area contributed by atoms with E-state index in [2.05, 4.69) is 17.0 Å². The summed E-state index contributed by atoms with van der Waals surface area (Å²) >= 11 is 12.4. The van der Waals surface area contributed by atoms with Crippen molar-refractivity contribution in [1.82, 2.24) is 14.1 Å². The predicted octanol–water partition coefficient (Wildman–Crippen LogP) is 4.84. The molecule has 4 rings (SSSR count). The first-order valence-corrected chi connectivity index (χ1v) is 14.0. The third kappa shape index (κ3) is 6.66. The molecule has 1 aliphatic heterocycles. The second kappa shape index (κ2) is 11.8. The highest BCUT2D eigenvalue weighted by Crippen LogP contribution is 2.25. The van der Waals surface area contributed by atoms with Gasteiger partial charge in [0.25, 0.3) is 0 Å². The zero-order valence-corrected chi connectivity index (χ0v) is 22.4. The van der Waals surface area contributed by atoms with Gasteiger partial charge in [-0.25, -0.2) is 8.42 Å². The van der Waals surface area contributed by atoms with E-state index in [0.29, 0.717) is 28.7 Å². The van der Waals surface area contributed by atoms with Gasteiger partial charge in [0.2, 0.25) is 15.9 Å². The molecule has 0 unspecified atom stereocenters. The molecule has 190 valence electrons. The summed E-state index contributed by atoms with van der Waals surface area (Å²) in [5.41, 5.74) is 2.76. The lowest BCUT2D eigenvalue weighted by molar-refractivity contribution is -0.133. The van der Waals surface area contributed by atoms with Crippen LogP contribution in [-0.4, -0.2) is 61.2 Å². The molecule has 0 atom stereocenters. The van der Waals surface area contributed by atoms with E-state index < -0.39 is 10.0 Å². The lowest BCUT2D eigenvalue weighted by atomic mass is 10.2. The maximum atomic E-state index is 13.6. The molecule has 0 bridgehead atoms. The number of amides is 1. The van der Waals surface area contributed by atoms with Crippen LogP contribution in [0, 0.1) is 6.92 Å². The van der Waals surface area contributed by atoms with E-state index in [1.165, 1.54) is 9.87 Å². The summed E-state index contributed by atoms with van der Waals surface area (Å²) in [6.45, 7) is 4.97. The van der Waals surface area contributed by atoms with Gasteiger partial charge in [0.15, 0.2) is 0 Å². The van der Waals surface area contributed by atoms with E-state index >= 15 is 0 Å². The number of hydrogen-bond donors (Lipinski definition) is 0. The highest BCUT2D eigenvalue weighted by Gasteiger charge is 2.30. The van der Waals surface area contributed by atoms with Crippen molar-refractivity contribution < 1.29 is 13.2 Å². The molecular formula is C27H29Cl2N3O3S. The smallest absolute Gasteiger partial charge is 0.243 e. The van der Waals surface area contributed by atoms with Crippen molar-refractivity contribution in [3.8, 4) is 0 Å². The summed E-state index contributed by atoms with van der Waals surface area (Å²) in [7, 11) is -3.94. The topological polar surface area (TPSA) is 60.9 Å². The van der Waals surface area contributed by atoms with Crippen LogP contribution in [0.5, 0.6) is 0 Å². The van der Waals surface area contributed by atoms with Crippen LogP contribution in [0.3, 0.4) is 0 Å². The molecule has 36 heavy (non-hydrogen) atoms. The summed E-state index contributed by atoms with van der Waals surface area (Å²) < 4.78 is 28.4. The quantitative estimate of drug-likeness (QED) is 0.406. The largest absolute Gasteiger partial charge is 0.339 e. The van der Waals surface area contributed by atoms with Gasteiger partial charge in [0.05, 0.1) is 11.4 Å². The zero-order valence-electron chi connectivity index (χ0n) is 20.1. The Kier molecular flexibility index (Phi) is 8.70. The van der Waals surface area contributed by atoms with Crippen molar-refractivity contribution in [2.45, 2.75) is 24.9 Å². The van der Waals surface area contributed by atoms with Gasteiger partial charge >= 0.3 is 0 Å². The minimum atomic E-state index is -3.94. The fourth-order valence-electron chi connectivity index (χ4n) is 4.17. The molecule has 1 heterocycles. The first kappa shape index (κ1) is 26.6. The van der Waals surface area contributed by atoms with Crippen LogP contribution in [-0.2, 0) is 27.9 Å². The van der Waals surface area contributed by atoms with Gasteiger partial charge in [-0.05, 0) is 42.3 Å². The van der Waals surface area contributed by atoms with E-state index in [-0.39, 0.29) is 23.9 Å². The molecule has 0 aromatic heterocycles. The van der Waals surface area contributed by atoms with Crippen molar-refractivity contribution in [1.29, 1.82) is 0 Å².